The largest absolute Gasteiger partial charge is 0.462 e. The lowest BCUT2D eigenvalue weighted by Crippen LogP contribution is -2.63. The molecular formula is C44H63NO5. The molecule has 1 aromatic carbocycles. The number of aliphatic hydroxyl groups is 1. The van der Waals surface area contributed by atoms with E-state index in [4.69, 9.17) is 15.6 Å². The zero-order chi connectivity index (χ0) is 36.9. The fourth-order valence-corrected chi connectivity index (χ4v) is 12.8. The topological polar surface area (TPSA) is 107 Å². The Hall–Kier alpha value is -2.91. The van der Waals surface area contributed by atoms with Crippen molar-refractivity contribution in [2.24, 2.45) is 68.3 Å². The molecule has 0 heterocycles. The number of primary amides is 1. The second-order valence-electron chi connectivity index (χ2n) is 18.5. The average molecular weight is 686 g/mol. The first-order valence-electron chi connectivity index (χ1n) is 19.2. The van der Waals surface area contributed by atoms with Gasteiger partial charge in [-0.1, -0.05) is 77.7 Å². The summed E-state index contributed by atoms with van der Waals surface area (Å²) < 4.78 is 6.21. The molecule has 274 valence electrons. The van der Waals surface area contributed by atoms with E-state index in [0.29, 0.717) is 41.1 Å². The molecule has 6 nitrogen and oxygen atoms in total. The average Bonchev–Trinajstić information content (AvgIpc) is 3.46. The molecule has 0 aliphatic heterocycles. The maximum absolute atomic E-state index is 13.0. The van der Waals surface area contributed by atoms with Gasteiger partial charge in [0.2, 0.25) is 5.91 Å². The Balaban J connectivity index is 0.00000239. The van der Waals surface area contributed by atoms with Crippen molar-refractivity contribution in [3.8, 4) is 11.8 Å². The number of amides is 1. The Kier molecular flexibility index (Phi) is 10.7. The summed E-state index contributed by atoms with van der Waals surface area (Å²) in [6.07, 6.45) is 12.3. The molecule has 6 heteroatoms. The molecule has 6 rings (SSSR count). The van der Waals surface area contributed by atoms with Crippen LogP contribution in [0.3, 0.4) is 0 Å². The van der Waals surface area contributed by atoms with E-state index in [9.17, 15) is 14.4 Å². The van der Waals surface area contributed by atoms with Crippen molar-refractivity contribution in [3.05, 3.63) is 47.5 Å². The van der Waals surface area contributed by atoms with Crippen molar-refractivity contribution >= 4 is 18.2 Å². The van der Waals surface area contributed by atoms with Gasteiger partial charge in [0, 0.05) is 28.9 Å². The maximum atomic E-state index is 13.0. The number of benzene rings is 1. The highest BCUT2D eigenvalue weighted by Crippen LogP contribution is 2.73. The van der Waals surface area contributed by atoms with Crippen LogP contribution in [0.5, 0.6) is 0 Å². The number of aliphatic hydroxyl groups excluding tert-OH is 1. The van der Waals surface area contributed by atoms with Crippen LogP contribution in [0, 0.1) is 74.4 Å². The minimum Gasteiger partial charge on any atom is -0.462 e. The summed E-state index contributed by atoms with van der Waals surface area (Å²) in [5.41, 5.74) is 7.88. The fourth-order valence-electron chi connectivity index (χ4n) is 12.8. The lowest BCUT2D eigenvalue weighted by molar-refractivity contribution is -0.221. The molecule has 5 aliphatic rings. The number of rotatable bonds is 6. The molecule has 0 spiro atoms. The molecule has 0 radical (unpaired) electrons. The molecule has 1 amide bonds. The van der Waals surface area contributed by atoms with Gasteiger partial charge in [0.05, 0.1) is 12.0 Å². The molecule has 1 aromatic rings. The van der Waals surface area contributed by atoms with Crippen molar-refractivity contribution in [3.63, 3.8) is 0 Å². The fraction of sp³-hybridized carbons (Fsp3) is 0.705. The minimum absolute atomic E-state index is 0.0534. The van der Waals surface area contributed by atoms with Crippen molar-refractivity contribution in [2.75, 3.05) is 7.11 Å². The second-order valence-corrected chi connectivity index (χ2v) is 18.5. The predicted molar refractivity (Wildman–Crippen MR) is 199 cm³/mol. The van der Waals surface area contributed by atoms with Crippen LogP contribution in [0.1, 0.15) is 135 Å². The summed E-state index contributed by atoms with van der Waals surface area (Å²) >= 11 is 0. The Morgan fingerprint density at radius 1 is 0.960 bits per heavy atom. The smallest absolute Gasteiger partial charge is 0.307 e. The summed E-state index contributed by atoms with van der Waals surface area (Å²) in [6, 6.07) is 7.52. The van der Waals surface area contributed by atoms with Crippen LogP contribution >= 0.6 is 0 Å². The van der Waals surface area contributed by atoms with Crippen LogP contribution in [0.15, 0.2) is 36.4 Å². The maximum Gasteiger partial charge on any atom is 0.307 e. The summed E-state index contributed by atoms with van der Waals surface area (Å²) in [4.78, 5) is 36.7. The van der Waals surface area contributed by atoms with Gasteiger partial charge < -0.3 is 20.4 Å². The summed E-state index contributed by atoms with van der Waals surface area (Å²) in [5, 5.41) is 7.00. The van der Waals surface area contributed by atoms with Crippen LogP contribution in [0.4, 0.5) is 0 Å². The van der Waals surface area contributed by atoms with Crippen LogP contribution in [-0.4, -0.2) is 36.5 Å². The molecular weight excluding hydrogens is 622 g/mol. The summed E-state index contributed by atoms with van der Waals surface area (Å²) in [6.45, 7) is 20.3. The van der Waals surface area contributed by atoms with Gasteiger partial charge in [-0.05, 0) is 130 Å². The third-order valence-corrected chi connectivity index (χ3v) is 15.0. The molecule has 5 saturated carbocycles. The predicted octanol–water partition coefficient (Wildman–Crippen LogP) is 8.54. The van der Waals surface area contributed by atoms with E-state index in [1.165, 1.54) is 31.3 Å². The number of esters is 1. The number of aldehydes is 1. The molecule has 3 N–H and O–H groups in total. The Bertz CT molecular complexity index is 1550. The van der Waals surface area contributed by atoms with Crippen LogP contribution < -0.4 is 5.73 Å². The van der Waals surface area contributed by atoms with Crippen molar-refractivity contribution in [1.29, 1.82) is 0 Å². The lowest BCUT2D eigenvalue weighted by Gasteiger charge is -2.69. The second kappa shape index (κ2) is 13.9. The van der Waals surface area contributed by atoms with E-state index in [2.05, 4.69) is 53.0 Å². The number of hydrogen-bond donors (Lipinski definition) is 2. The van der Waals surface area contributed by atoms with E-state index in [1.807, 2.05) is 18.2 Å². The molecule has 5 fully saturated rings. The van der Waals surface area contributed by atoms with Crippen LogP contribution in [0.25, 0.3) is 0 Å². The Morgan fingerprint density at radius 3 is 2.28 bits per heavy atom. The quantitative estimate of drug-likeness (QED) is 0.135. The van der Waals surface area contributed by atoms with E-state index in [-0.39, 0.29) is 40.2 Å². The zero-order valence-electron chi connectivity index (χ0n) is 32.1. The molecule has 10 atom stereocenters. The van der Waals surface area contributed by atoms with Crippen LogP contribution in [0.2, 0.25) is 0 Å². The van der Waals surface area contributed by atoms with E-state index in [0.717, 1.165) is 57.5 Å². The van der Waals surface area contributed by atoms with Gasteiger partial charge in [0.15, 0.2) is 0 Å². The van der Waals surface area contributed by atoms with E-state index in [1.54, 1.807) is 19.9 Å². The number of ether oxygens (including phenoxy) is 1. The van der Waals surface area contributed by atoms with Gasteiger partial charge in [-0.2, -0.15) is 0 Å². The van der Waals surface area contributed by atoms with Crippen molar-refractivity contribution < 1.29 is 24.2 Å². The summed E-state index contributed by atoms with van der Waals surface area (Å²) in [7, 11) is 1.00. The monoisotopic (exact) mass is 685 g/mol. The minimum atomic E-state index is -0.699. The zero-order valence-corrected chi connectivity index (χ0v) is 32.1. The Morgan fingerprint density at radius 2 is 1.62 bits per heavy atom. The normalized spacial score (nSPS) is 38.2. The number of carbonyl (C=O) groups is 3. The van der Waals surface area contributed by atoms with E-state index < -0.39 is 11.3 Å². The molecule has 5 aliphatic carbocycles. The number of hydrogen-bond acceptors (Lipinski definition) is 5. The third-order valence-electron chi connectivity index (χ3n) is 15.0. The highest BCUT2D eigenvalue weighted by atomic mass is 16.5. The number of allylic oxidation sites excluding steroid dienone is 1. The summed E-state index contributed by atoms with van der Waals surface area (Å²) in [5.74, 6) is 10.1. The van der Waals surface area contributed by atoms with Crippen molar-refractivity contribution in [1.82, 2.24) is 0 Å². The first-order valence-corrected chi connectivity index (χ1v) is 19.2. The number of nitrogens with two attached hydrogens (primary N) is 1. The molecule has 0 aromatic heterocycles. The third kappa shape index (κ3) is 6.39. The first kappa shape index (κ1) is 38.3. The van der Waals surface area contributed by atoms with Gasteiger partial charge >= 0.3 is 5.97 Å². The highest BCUT2D eigenvalue weighted by Gasteiger charge is 2.67. The van der Waals surface area contributed by atoms with Gasteiger partial charge in [0.1, 0.15) is 12.4 Å². The van der Waals surface area contributed by atoms with Gasteiger partial charge in [-0.3, -0.25) is 9.59 Å². The van der Waals surface area contributed by atoms with Gasteiger partial charge in [-0.25, -0.2) is 0 Å². The number of carbonyl (C=O) groups excluding carboxylic acids is 3. The van der Waals surface area contributed by atoms with Crippen LogP contribution in [-0.2, 0) is 14.3 Å². The first-order chi connectivity index (χ1) is 23.5. The van der Waals surface area contributed by atoms with Gasteiger partial charge in [-0.15, -0.1) is 0 Å². The standard InChI is InChI=1S/C43H59NO4.CH4O/c1-27(2)29-16-23-43(22-15-28-11-9-10-12-30(28)38(44)47)24-17-32-31(37(29)43)13-14-34-41(32,7)20-18-33-40(5,6)35(19-21-42(33,34)8)48-36(46)25-39(3,4)26-45;1-2/h9-12,26,29,31-35,37H,1,13-14,16-21,23-25H2,2-8H3,(H2,44,47);2H,1H3/t29-,31?,32?,33?,34?,35?,37?,41?,42?,43-;/m0./s1. The van der Waals surface area contributed by atoms with E-state index >= 15 is 0 Å². The number of fused-ring (bicyclic) bond motifs is 7. The van der Waals surface area contributed by atoms with Crippen molar-refractivity contribution in [2.45, 2.75) is 125 Å². The molecule has 50 heavy (non-hydrogen) atoms. The molecule has 8 unspecified atom stereocenters. The molecule has 0 saturated heterocycles. The Labute approximate surface area is 301 Å². The lowest BCUT2D eigenvalue weighted by atomic mass is 9.36. The highest BCUT2D eigenvalue weighted by molar-refractivity contribution is 5.95. The van der Waals surface area contributed by atoms with Gasteiger partial charge in [0.25, 0.3) is 0 Å². The molecule has 0 bridgehead atoms. The SMILES string of the molecule is C=C(C)[C@@H]1CC[C@@]2(C#Cc3ccccc3C(N)=O)CCC3C(CCC4C3(C)CCC3C(C)(C)C(OC(=O)CC(C)(C)C=O)CCC34C)C12.CO.